The first-order chi connectivity index (χ1) is 16.7. The standard InChI is InChI=1S/C28H34N4O2/c33-28-13-9-23-20-25(11-12-27(23)30-28)34-19-5-1-4-14-31-15-17-32(18-16-31)21-24-10-8-22-6-2-3-7-26(22)29-24/h2-3,6-8,10-12,20H,1,4-5,9,13-19,21H2,(H,30,33). The normalized spacial score (nSPS) is 16.9. The van der Waals surface area contributed by atoms with Crippen molar-refractivity contribution in [3.05, 3.63) is 65.9 Å². The summed E-state index contributed by atoms with van der Waals surface area (Å²) >= 11 is 0. The molecule has 0 spiro atoms. The van der Waals surface area contributed by atoms with Crippen molar-refractivity contribution in [2.45, 2.75) is 38.6 Å². The van der Waals surface area contributed by atoms with Crippen LogP contribution in [0.1, 0.15) is 36.9 Å². The van der Waals surface area contributed by atoms with E-state index in [1.165, 1.54) is 30.3 Å². The van der Waals surface area contributed by atoms with Gasteiger partial charge in [-0.1, -0.05) is 24.3 Å². The number of anilines is 1. The van der Waals surface area contributed by atoms with E-state index < -0.39 is 0 Å². The Balaban J connectivity index is 0.960. The molecule has 6 heteroatoms. The Morgan fingerprint density at radius 1 is 0.882 bits per heavy atom. The number of benzene rings is 2. The number of carbonyl (C=O) groups is 1. The first-order valence-electron chi connectivity index (χ1n) is 12.6. The molecular formula is C28H34N4O2. The summed E-state index contributed by atoms with van der Waals surface area (Å²) in [5, 5.41) is 4.13. The van der Waals surface area contributed by atoms with E-state index in [0.717, 1.165) is 74.8 Å². The molecule has 6 nitrogen and oxygen atoms in total. The number of rotatable bonds is 9. The Labute approximate surface area is 201 Å². The molecule has 2 aliphatic heterocycles. The van der Waals surface area contributed by atoms with Crippen LogP contribution in [-0.4, -0.2) is 60.0 Å². The second-order valence-electron chi connectivity index (χ2n) is 9.39. The van der Waals surface area contributed by atoms with Crippen LogP contribution in [0.2, 0.25) is 0 Å². The van der Waals surface area contributed by atoms with E-state index >= 15 is 0 Å². The van der Waals surface area contributed by atoms with Gasteiger partial charge in [0.05, 0.1) is 17.8 Å². The topological polar surface area (TPSA) is 57.7 Å². The number of carbonyl (C=O) groups excluding carboxylic acids is 1. The fourth-order valence-electron chi connectivity index (χ4n) is 4.85. The van der Waals surface area contributed by atoms with Crippen LogP contribution in [0, 0.1) is 0 Å². The van der Waals surface area contributed by atoms with Crippen molar-refractivity contribution in [1.29, 1.82) is 0 Å². The van der Waals surface area contributed by atoms with Gasteiger partial charge in [-0.25, -0.2) is 0 Å². The Morgan fingerprint density at radius 2 is 1.74 bits per heavy atom. The molecule has 2 aliphatic rings. The van der Waals surface area contributed by atoms with E-state index in [2.05, 4.69) is 57.6 Å². The van der Waals surface area contributed by atoms with Gasteiger partial charge >= 0.3 is 0 Å². The van der Waals surface area contributed by atoms with Crippen molar-refractivity contribution < 1.29 is 9.53 Å². The van der Waals surface area contributed by atoms with Crippen molar-refractivity contribution >= 4 is 22.5 Å². The van der Waals surface area contributed by atoms with Gasteiger partial charge in [0, 0.05) is 50.2 Å². The molecule has 178 valence electrons. The largest absolute Gasteiger partial charge is 0.494 e. The van der Waals surface area contributed by atoms with Gasteiger partial charge < -0.3 is 15.0 Å². The van der Waals surface area contributed by atoms with E-state index in [9.17, 15) is 4.79 Å². The van der Waals surface area contributed by atoms with E-state index in [1.807, 2.05) is 12.1 Å². The molecule has 2 aromatic carbocycles. The van der Waals surface area contributed by atoms with Crippen LogP contribution in [0.25, 0.3) is 10.9 Å². The van der Waals surface area contributed by atoms with Crippen LogP contribution < -0.4 is 10.1 Å². The molecule has 0 aliphatic carbocycles. The Hall–Kier alpha value is -2.96. The highest BCUT2D eigenvalue weighted by molar-refractivity contribution is 5.94. The van der Waals surface area contributed by atoms with Gasteiger partial charge in [0.2, 0.25) is 5.91 Å². The number of unbranched alkanes of at least 4 members (excludes halogenated alkanes) is 2. The summed E-state index contributed by atoms with van der Waals surface area (Å²) in [6.07, 6.45) is 4.82. The smallest absolute Gasteiger partial charge is 0.224 e. The molecule has 1 fully saturated rings. The lowest BCUT2D eigenvalue weighted by Crippen LogP contribution is -2.46. The van der Waals surface area contributed by atoms with Gasteiger partial charge in [0.25, 0.3) is 0 Å². The lowest BCUT2D eigenvalue weighted by Gasteiger charge is -2.34. The van der Waals surface area contributed by atoms with Crippen LogP contribution in [-0.2, 0) is 17.8 Å². The Kier molecular flexibility index (Phi) is 7.37. The second kappa shape index (κ2) is 11.0. The first kappa shape index (κ1) is 22.8. The first-order valence-corrected chi connectivity index (χ1v) is 12.6. The monoisotopic (exact) mass is 458 g/mol. The summed E-state index contributed by atoms with van der Waals surface area (Å²) in [7, 11) is 0. The number of ether oxygens (including phenoxy) is 1. The number of para-hydroxylation sites is 1. The van der Waals surface area contributed by atoms with Crippen molar-refractivity contribution in [2.24, 2.45) is 0 Å². The predicted octanol–water partition coefficient (Wildman–Crippen LogP) is 4.49. The summed E-state index contributed by atoms with van der Waals surface area (Å²) in [6, 6.07) is 18.7. The number of aryl methyl sites for hydroxylation is 1. The molecule has 0 atom stereocenters. The highest BCUT2D eigenvalue weighted by Gasteiger charge is 2.17. The zero-order valence-corrected chi connectivity index (χ0v) is 19.8. The molecule has 3 aromatic rings. The Bertz CT molecular complexity index is 1120. The molecule has 34 heavy (non-hydrogen) atoms. The van der Waals surface area contributed by atoms with E-state index in [4.69, 9.17) is 9.72 Å². The molecule has 0 unspecified atom stereocenters. The average molecular weight is 459 g/mol. The summed E-state index contributed by atoms with van der Waals surface area (Å²) < 4.78 is 5.95. The molecular weight excluding hydrogens is 424 g/mol. The maximum atomic E-state index is 11.5. The van der Waals surface area contributed by atoms with Crippen molar-refractivity contribution in [3.8, 4) is 5.75 Å². The minimum Gasteiger partial charge on any atom is -0.494 e. The SMILES string of the molecule is O=C1CCc2cc(OCCCCCN3CCN(Cc4ccc5ccccc5n4)CC3)ccc2N1. The third kappa shape index (κ3) is 5.93. The van der Waals surface area contributed by atoms with Crippen LogP contribution in [0.4, 0.5) is 5.69 Å². The highest BCUT2D eigenvalue weighted by atomic mass is 16.5. The number of amides is 1. The molecule has 5 rings (SSSR count). The number of hydrogen-bond donors (Lipinski definition) is 1. The summed E-state index contributed by atoms with van der Waals surface area (Å²) in [5.41, 5.74) is 4.35. The molecule has 0 saturated carbocycles. The average Bonchev–Trinajstić information content (AvgIpc) is 2.87. The number of fused-ring (bicyclic) bond motifs is 2. The number of piperazine rings is 1. The lowest BCUT2D eigenvalue weighted by atomic mass is 10.0. The second-order valence-corrected chi connectivity index (χ2v) is 9.39. The van der Waals surface area contributed by atoms with E-state index in [0.29, 0.717) is 6.42 Å². The van der Waals surface area contributed by atoms with E-state index in [1.54, 1.807) is 0 Å². The molecule has 3 heterocycles. The van der Waals surface area contributed by atoms with Crippen molar-refractivity contribution in [2.75, 3.05) is 44.6 Å². The van der Waals surface area contributed by atoms with E-state index in [-0.39, 0.29) is 5.91 Å². The minimum absolute atomic E-state index is 0.101. The van der Waals surface area contributed by atoms with Gasteiger partial charge in [-0.3, -0.25) is 14.7 Å². The third-order valence-electron chi connectivity index (χ3n) is 6.87. The van der Waals surface area contributed by atoms with Crippen LogP contribution in [0.3, 0.4) is 0 Å². The minimum atomic E-state index is 0.101. The number of aromatic nitrogens is 1. The molecule has 1 N–H and O–H groups in total. The van der Waals surface area contributed by atoms with Crippen LogP contribution in [0.5, 0.6) is 5.75 Å². The van der Waals surface area contributed by atoms with Gasteiger partial charge in [-0.2, -0.15) is 0 Å². The maximum Gasteiger partial charge on any atom is 0.224 e. The van der Waals surface area contributed by atoms with Gasteiger partial charge in [-0.05, 0) is 68.1 Å². The van der Waals surface area contributed by atoms with Crippen molar-refractivity contribution in [3.63, 3.8) is 0 Å². The van der Waals surface area contributed by atoms with Crippen LogP contribution in [0.15, 0.2) is 54.6 Å². The lowest BCUT2D eigenvalue weighted by molar-refractivity contribution is -0.116. The fraction of sp³-hybridized carbons (Fsp3) is 0.429. The zero-order chi connectivity index (χ0) is 23.2. The summed E-state index contributed by atoms with van der Waals surface area (Å²) in [5.74, 6) is 1.01. The number of pyridine rings is 1. The molecule has 0 radical (unpaired) electrons. The van der Waals surface area contributed by atoms with Crippen molar-refractivity contribution in [1.82, 2.24) is 14.8 Å². The molecule has 1 aromatic heterocycles. The van der Waals surface area contributed by atoms with Gasteiger partial charge in [-0.15, -0.1) is 0 Å². The molecule has 0 bridgehead atoms. The quantitative estimate of drug-likeness (QED) is 0.479. The molecule has 1 amide bonds. The summed E-state index contributed by atoms with van der Waals surface area (Å²) in [4.78, 5) is 21.4. The van der Waals surface area contributed by atoms with Gasteiger partial charge in [0.1, 0.15) is 5.75 Å². The number of hydrogen-bond acceptors (Lipinski definition) is 5. The predicted molar refractivity (Wildman–Crippen MR) is 136 cm³/mol. The number of nitrogens with zero attached hydrogens (tertiary/aromatic N) is 3. The number of nitrogens with one attached hydrogen (secondary N) is 1. The molecule has 1 saturated heterocycles. The zero-order valence-electron chi connectivity index (χ0n) is 19.8. The Morgan fingerprint density at radius 3 is 2.65 bits per heavy atom. The third-order valence-corrected chi connectivity index (χ3v) is 6.87. The van der Waals surface area contributed by atoms with Gasteiger partial charge in [0.15, 0.2) is 0 Å². The summed E-state index contributed by atoms with van der Waals surface area (Å²) in [6.45, 7) is 7.33. The maximum absolute atomic E-state index is 11.5. The highest BCUT2D eigenvalue weighted by Crippen LogP contribution is 2.27. The van der Waals surface area contributed by atoms with Crippen LogP contribution >= 0.6 is 0 Å². The fourth-order valence-corrected chi connectivity index (χ4v) is 4.85.